The van der Waals surface area contributed by atoms with Crippen LogP contribution >= 0.6 is 0 Å². The minimum absolute atomic E-state index is 0.0310. The van der Waals surface area contributed by atoms with Gasteiger partial charge < -0.3 is 14.5 Å². The smallest absolute Gasteiger partial charge is 0.410 e. The summed E-state index contributed by atoms with van der Waals surface area (Å²) in [6, 6.07) is -0.436. The molecule has 0 radical (unpaired) electrons. The Morgan fingerprint density at radius 2 is 1.52 bits per heavy atom. The number of piperazine rings is 1. The van der Waals surface area contributed by atoms with E-state index in [0.717, 1.165) is 6.42 Å². The molecular formula is C16H27N3O4. The summed E-state index contributed by atoms with van der Waals surface area (Å²) in [4.78, 5) is 41.4. The van der Waals surface area contributed by atoms with Crippen LogP contribution in [0.15, 0.2) is 0 Å². The van der Waals surface area contributed by atoms with E-state index in [2.05, 4.69) is 0 Å². The largest absolute Gasteiger partial charge is 0.444 e. The molecule has 130 valence electrons. The molecule has 7 heteroatoms. The minimum Gasteiger partial charge on any atom is -0.444 e. The number of carbonyl (C=O) groups excluding carboxylic acids is 3. The SMILES string of the molecule is CC(=O)N1CCN(C(=O)C2CCCN2C(=O)OC(C)(C)C)CC1. The quantitative estimate of drug-likeness (QED) is 0.723. The van der Waals surface area contributed by atoms with Gasteiger partial charge in [0, 0.05) is 39.6 Å². The first-order valence-corrected chi connectivity index (χ1v) is 8.23. The second-order valence-electron chi connectivity index (χ2n) is 7.16. The summed E-state index contributed by atoms with van der Waals surface area (Å²) in [6.07, 6.45) is 1.06. The molecule has 0 aromatic carbocycles. The van der Waals surface area contributed by atoms with Crippen molar-refractivity contribution in [2.75, 3.05) is 32.7 Å². The summed E-state index contributed by atoms with van der Waals surface area (Å²) in [6.45, 7) is 9.71. The van der Waals surface area contributed by atoms with E-state index in [1.807, 2.05) is 20.8 Å². The van der Waals surface area contributed by atoms with Crippen molar-refractivity contribution < 1.29 is 19.1 Å². The standard InChI is InChI=1S/C16H27N3O4/c1-12(20)17-8-10-18(11-9-17)14(21)13-6-5-7-19(13)15(22)23-16(2,3)4/h13H,5-11H2,1-4H3. The lowest BCUT2D eigenvalue weighted by molar-refractivity contribution is -0.141. The highest BCUT2D eigenvalue weighted by Crippen LogP contribution is 2.23. The second-order valence-corrected chi connectivity index (χ2v) is 7.16. The van der Waals surface area contributed by atoms with Gasteiger partial charge in [-0.2, -0.15) is 0 Å². The van der Waals surface area contributed by atoms with Crippen LogP contribution in [0.5, 0.6) is 0 Å². The van der Waals surface area contributed by atoms with Gasteiger partial charge in [-0.1, -0.05) is 0 Å². The first kappa shape index (κ1) is 17.6. The molecular weight excluding hydrogens is 298 g/mol. The molecule has 0 spiro atoms. The lowest BCUT2D eigenvalue weighted by atomic mass is 10.1. The molecule has 0 saturated carbocycles. The summed E-state index contributed by atoms with van der Waals surface area (Å²) in [5.41, 5.74) is -0.569. The van der Waals surface area contributed by atoms with Gasteiger partial charge in [0.05, 0.1) is 0 Å². The molecule has 1 atom stereocenters. The third-order valence-electron chi connectivity index (χ3n) is 4.20. The molecule has 0 aromatic heterocycles. The zero-order valence-corrected chi connectivity index (χ0v) is 14.5. The van der Waals surface area contributed by atoms with Crippen LogP contribution in [0.4, 0.5) is 4.79 Å². The normalized spacial score (nSPS) is 22.3. The molecule has 0 aliphatic carbocycles. The fourth-order valence-electron chi connectivity index (χ4n) is 3.02. The van der Waals surface area contributed by atoms with E-state index in [1.165, 1.54) is 0 Å². The van der Waals surface area contributed by atoms with Crippen LogP contribution < -0.4 is 0 Å². The number of ether oxygens (including phenoxy) is 1. The number of hydrogen-bond donors (Lipinski definition) is 0. The fraction of sp³-hybridized carbons (Fsp3) is 0.812. The van der Waals surface area contributed by atoms with E-state index in [9.17, 15) is 14.4 Å². The molecule has 2 aliphatic heterocycles. The highest BCUT2D eigenvalue weighted by molar-refractivity contribution is 5.86. The van der Waals surface area contributed by atoms with Gasteiger partial charge in [-0.15, -0.1) is 0 Å². The second kappa shape index (κ2) is 6.76. The van der Waals surface area contributed by atoms with Crippen LogP contribution in [0.25, 0.3) is 0 Å². The Hall–Kier alpha value is -1.79. The Bertz CT molecular complexity index is 478. The molecule has 2 aliphatic rings. The lowest BCUT2D eigenvalue weighted by Gasteiger charge is -2.37. The lowest BCUT2D eigenvalue weighted by Crippen LogP contribution is -2.55. The van der Waals surface area contributed by atoms with Gasteiger partial charge in [-0.3, -0.25) is 14.5 Å². The first-order valence-electron chi connectivity index (χ1n) is 8.23. The third kappa shape index (κ3) is 4.36. The van der Waals surface area contributed by atoms with Crippen molar-refractivity contribution >= 4 is 17.9 Å². The van der Waals surface area contributed by atoms with Crippen LogP contribution in [0.2, 0.25) is 0 Å². The number of nitrogens with zero attached hydrogens (tertiary/aromatic N) is 3. The Balaban J connectivity index is 1.96. The van der Waals surface area contributed by atoms with E-state index >= 15 is 0 Å². The molecule has 2 rings (SSSR count). The molecule has 0 bridgehead atoms. The van der Waals surface area contributed by atoms with Gasteiger partial charge in [-0.05, 0) is 33.6 Å². The molecule has 2 heterocycles. The number of hydrogen-bond acceptors (Lipinski definition) is 4. The Labute approximate surface area is 137 Å². The van der Waals surface area contributed by atoms with Gasteiger partial charge >= 0.3 is 6.09 Å². The van der Waals surface area contributed by atoms with Crippen molar-refractivity contribution in [2.45, 2.75) is 52.2 Å². The van der Waals surface area contributed by atoms with Crippen LogP contribution in [0, 0.1) is 0 Å². The predicted molar refractivity (Wildman–Crippen MR) is 84.8 cm³/mol. The van der Waals surface area contributed by atoms with Gasteiger partial charge in [0.1, 0.15) is 11.6 Å². The predicted octanol–water partition coefficient (Wildman–Crippen LogP) is 1.08. The summed E-state index contributed by atoms with van der Waals surface area (Å²) in [7, 11) is 0. The molecule has 0 N–H and O–H groups in total. The summed E-state index contributed by atoms with van der Waals surface area (Å²) in [5, 5.41) is 0. The van der Waals surface area contributed by atoms with Gasteiger partial charge in [0.15, 0.2) is 0 Å². The Morgan fingerprint density at radius 1 is 0.957 bits per heavy atom. The van der Waals surface area contributed by atoms with Crippen LogP contribution in [0.1, 0.15) is 40.5 Å². The molecule has 3 amide bonds. The van der Waals surface area contributed by atoms with Crippen molar-refractivity contribution in [3.05, 3.63) is 0 Å². The van der Waals surface area contributed by atoms with Gasteiger partial charge in [-0.25, -0.2) is 4.79 Å². The molecule has 0 aromatic rings. The first-order chi connectivity index (χ1) is 10.7. The van der Waals surface area contributed by atoms with Crippen molar-refractivity contribution in [2.24, 2.45) is 0 Å². The maximum Gasteiger partial charge on any atom is 0.410 e. The van der Waals surface area contributed by atoms with Crippen molar-refractivity contribution in [3.8, 4) is 0 Å². The number of amides is 3. The van der Waals surface area contributed by atoms with E-state index in [1.54, 1.807) is 21.6 Å². The van der Waals surface area contributed by atoms with Crippen molar-refractivity contribution in [1.29, 1.82) is 0 Å². The van der Waals surface area contributed by atoms with Crippen molar-refractivity contribution in [3.63, 3.8) is 0 Å². The fourth-order valence-corrected chi connectivity index (χ4v) is 3.02. The molecule has 23 heavy (non-hydrogen) atoms. The molecule has 2 fully saturated rings. The minimum atomic E-state index is -0.569. The molecule has 2 saturated heterocycles. The van der Waals surface area contributed by atoms with Gasteiger partial charge in [0.2, 0.25) is 11.8 Å². The van der Waals surface area contributed by atoms with Gasteiger partial charge in [0.25, 0.3) is 0 Å². The zero-order chi connectivity index (χ0) is 17.2. The average Bonchev–Trinajstić information content (AvgIpc) is 2.94. The summed E-state index contributed by atoms with van der Waals surface area (Å²) in [5.74, 6) is 0.00454. The van der Waals surface area contributed by atoms with E-state index < -0.39 is 17.7 Å². The monoisotopic (exact) mass is 325 g/mol. The highest BCUT2D eigenvalue weighted by atomic mass is 16.6. The van der Waals surface area contributed by atoms with Crippen LogP contribution in [0.3, 0.4) is 0 Å². The highest BCUT2D eigenvalue weighted by Gasteiger charge is 2.39. The Kier molecular flexibility index (Phi) is 5.16. The number of rotatable bonds is 1. The third-order valence-corrected chi connectivity index (χ3v) is 4.20. The van der Waals surface area contributed by atoms with Crippen molar-refractivity contribution in [1.82, 2.24) is 14.7 Å². The average molecular weight is 325 g/mol. The number of carbonyl (C=O) groups is 3. The van der Waals surface area contributed by atoms with Crippen LogP contribution in [-0.4, -0.2) is 77.0 Å². The summed E-state index contributed by atoms with van der Waals surface area (Å²) >= 11 is 0. The van der Waals surface area contributed by atoms with E-state index in [4.69, 9.17) is 4.74 Å². The molecule has 1 unspecified atom stereocenters. The zero-order valence-electron chi connectivity index (χ0n) is 14.5. The van der Waals surface area contributed by atoms with E-state index in [-0.39, 0.29) is 11.8 Å². The van der Waals surface area contributed by atoms with E-state index in [0.29, 0.717) is 39.1 Å². The topological polar surface area (TPSA) is 70.2 Å². The van der Waals surface area contributed by atoms with Crippen LogP contribution in [-0.2, 0) is 14.3 Å². The Morgan fingerprint density at radius 3 is 2.04 bits per heavy atom. The number of likely N-dealkylation sites (tertiary alicyclic amines) is 1. The maximum atomic E-state index is 12.7. The molecule has 7 nitrogen and oxygen atoms in total. The maximum absolute atomic E-state index is 12.7. The summed E-state index contributed by atoms with van der Waals surface area (Å²) < 4.78 is 5.40.